The van der Waals surface area contributed by atoms with Crippen LogP contribution < -0.4 is 5.73 Å². The van der Waals surface area contributed by atoms with Crippen molar-refractivity contribution < 1.29 is 8.78 Å². The molecule has 0 heterocycles. The van der Waals surface area contributed by atoms with Crippen LogP contribution in [0.15, 0.2) is 18.2 Å². The fourth-order valence-corrected chi connectivity index (χ4v) is 1.59. The second-order valence-electron chi connectivity index (χ2n) is 5.19. The van der Waals surface area contributed by atoms with E-state index in [2.05, 4.69) is 0 Å². The Morgan fingerprint density at radius 2 is 1.75 bits per heavy atom. The van der Waals surface area contributed by atoms with Gasteiger partial charge < -0.3 is 5.73 Å². The lowest BCUT2D eigenvalue weighted by molar-refractivity contribution is 0.00520. The van der Waals surface area contributed by atoms with Crippen LogP contribution in [0.2, 0.25) is 0 Å². The van der Waals surface area contributed by atoms with Gasteiger partial charge in [-0.25, -0.2) is 0 Å². The van der Waals surface area contributed by atoms with Crippen molar-refractivity contribution >= 4 is 0 Å². The van der Waals surface area contributed by atoms with Crippen LogP contribution in [0.5, 0.6) is 0 Å². The largest absolute Gasteiger partial charge is 0.325 e. The van der Waals surface area contributed by atoms with Gasteiger partial charge in [-0.2, -0.15) is 8.78 Å². The second-order valence-corrected chi connectivity index (χ2v) is 5.19. The lowest BCUT2D eigenvalue weighted by atomic mass is 9.84. The number of halogens is 2. The van der Waals surface area contributed by atoms with E-state index in [1.807, 2.05) is 26.8 Å². The van der Waals surface area contributed by atoms with Gasteiger partial charge in [0, 0.05) is 5.56 Å². The maximum absolute atomic E-state index is 13.6. The van der Waals surface area contributed by atoms with Gasteiger partial charge in [0.15, 0.2) is 0 Å². The third-order valence-electron chi connectivity index (χ3n) is 2.75. The third kappa shape index (κ3) is 2.59. The van der Waals surface area contributed by atoms with Crippen molar-refractivity contribution in [1.29, 1.82) is 0 Å². The summed E-state index contributed by atoms with van der Waals surface area (Å²) in [5.41, 5.74) is 6.52. The highest BCUT2D eigenvalue weighted by Gasteiger charge is 2.32. The number of hydrogen-bond acceptors (Lipinski definition) is 1. The van der Waals surface area contributed by atoms with Crippen LogP contribution in [0, 0.1) is 6.92 Å². The number of hydrogen-bond donors (Lipinski definition) is 1. The van der Waals surface area contributed by atoms with Crippen molar-refractivity contribution in [2.75, 3.05) is 6.54 Å². The smallest absolute Gasteiger partial charge is 0.285 e. The van der Waals surface area contributed by atoms with Gasteiger partial charge in [-0.15, -0.1) is 0 Å². The average Bonchev–Trinajstić information content (AvgIpc) is 2.16. The molecule has 16 heavy (non-hydrogen) atoms. The monoisotopic (exact) mass is 227 g/mol. The second kappa shape index (κ2) is 4.13. The minimum Gasteiger partial charge on any atom is -0.325 e. The zero-order valence-electron chi connectivity index (χ0n) is 10.3. The number of alkyl halides is 2. The van der Waals surface area contributed by atoms with E-state index in [9.17, 15) is 8.78 Å². The molecule has 90 valence electrons. The number of benzene rings is 1. The zero-order chi connectivity index (χ0) is 12.6. The molecule has 0 aliphatic rings. The van der Waals surface area contributed by atoms with Gasteiger partial charge in [-0.1, -0.05) is 32.9 Å². The first-order valence-corrected chi connectivity index (χ1v) is 5.38. The molecular formula is C13H19F2N. The van der Waals surface area contributed by atoms with E-state index in [1.54, 1.807) is 19.1 Å². The molecular weight excluding hydrogens is 208 g/mol. The molecule has 1 aromatic rings. The predicted octanol–water partition coefficient (Wildman–Crippen LogP) is 3.34. The molecule has 0 saturated carbocycles. The summed E-state index contributed by atoms with van der Waals surface area (Å²) >= 11 is 0. The summed E-state index contributed by atoms with van der Waals surface area (Å²) in [6.45, 7) is 7.04. The van der Waals surface area contributed by atoms with Crippen LogP contribution in [0.1, 0.15) is 37.5 Å². The molecule has 0 unspecified atom stereocenters. The van der Waals surface area contributed by atoms with Gasteiger partial charge in [0.25, 0.3) is 5.92 Å². The van der Waals surface area contributed by atoms with E-state index in [1.165, 1.54) is 0 Å². The highest BCUT2D eigenvalue weighted by atomic mass is 19.3. The van der Waals surface area contributed by atoms with Crippen LogP contribution in [0.25, 0.3) is 0 Å². The molecule has 3 heteroatoms. The number of aryl methyl sites for hydroxylation is 1. The number of nitrogens with two attached hydrogens (primary N) is 1. The first kappa shape index (κ1) is 13.1. The van der Waals surface area contributed by atoms with Crippen LogP contribution >= 0.6 is 0 Å². The Kier molecular flexibility index (Phi) is 3.38. The maximum Gasteiger partial charge on any atom is 0.285 e. The van der Waals surface area contributed by atoms with Crippen molar-refractivity contribution in [2.45, 2.75) is 39.0 Å². The predicted molar refractivity (Wildman–Crippen MR) is 62.8 cm³/mol. The summed E-state index contributed by atoms with van der Waals surface area (Å²) in [6.07, 6.45) is 0. The van der Waals surface area contributed by atoms with Crippen molar-refractivity contribution in [3.63, 3.8) is 0 Å². The van der Waals surface area contributed by atoms with Gasteiger partial charge in [0.05, 0.1) is 6.54 Å². The van der Waals surface area contributed by atoms with Gasteiger partial charge in [-0.05, 0) is 29.5 Å². The third-order valence-corrected chi connectivity index (χ3v) is 2.75. The van der Waals surface area contributed by atoms with Gasteiger partial charge in [-0.3, -0.25) is 0 Å². The minimum absolute atomic E-state index is 0.0439. The Bertz CT molecular complexity index is 378. The Morgan fingerprint density at radius 3 is 2.19 bits per heavy atom. The summed E-state index contributed by atoms with van der Waals surface area (Å²) < 4.78 is 27.2. The topological polar surface area (TPSA) is 26.0 Å². The fourth-order valence-electron chi connectivity index (χ4n) is 1.59. The molecule has 0 aromatic heterocycles. The lowest BCUT2D eigenvalue weighted by Gasteiger charge is -2.23. The van der Waals surface area contributed by atoms with E-state index in [0.29, 0.717) is 5.56 Å². The van der Waals surface area contributed by atoms with E-state index >= 15 is 0 Å². The summed E-state index contributed by atoms with van der Waals surface area (Å²) in [5, 5.41) is 0. The maximum atomic E-state index is 13.6. The van der Waals surface area contributed by atoms with E-state index in [-0.39, 0.29) is 11.0 Å². The summed E-state index contributed by atoms with van der Waals surface area (Å²) in [5.74, 6) is -2.94. The van der Waals surface area contributed by atoms with Gasteiger partial charge in [0.2, 0.25) is 0 Å². The molecule has 0 saturated heterocycles. The molecule has 1 aromatic carbocycles. The highest BCUT2D eigenvalue weighted by molar-refractivity contribution is 5.37. The standard InChI is InChI=1S/C13H19F2N/c1-9-5-6-10(12(2,3)4)7-11(9)13(14,15)8-16/h5-7H,8,16H2,1-4H3. The molecule has 0 bridgehead atoms. The van der Waals surface area contributed by atoms with E-state index < -0.39 is 12.5 Å². The minimum atomic E-state index is -2.94. The van der Waals surface area contributed by atoms with Gasteiger partial charge in [0.1, 0.15) is 0 Å². The van der Waals surface area contributed by atoms with E-state index in [0.717, 1.165) is 5.56 Å². The molecule has 0 aliphatic heterocycles. The highest BCUT2D eigenvalue weighted by Crippen LogP contribution is 2.33. The molecule has 0 fully saturated rings. The molecule has 1 nitrogen and oxygen atoms in total. The van der Waals surface area contributed by atoms with Crippen LogP contribution in [-0.4, -0.2) is 6.54 Å². The summed E-state index contributed by atoms with van der Waals surface area (Å²) in [7, 11) is 0. The Morgan fingerprint density at radius 1 is 1.19 bits per heavy atom. The first-order valence-electron chi connectivity index (χ1n) is 5.38. The van der Waals surface area contributed by atoms with Crippen molar-refractivity contribution in [2.24, 2.45) is 5.73 Å². The van der Waals surface area contributed by atoms with Gasteiger partial charge >= 0.3 is 0 Å². The molecule has 0 atom stereocenters. The molecule has 2 N–H and O–H groups in total. The lowest BCUT2D eigenvalue weighted by Crippen LogP contribution is -2.27. The van der Waals surface area contributed by atoms with Crippen molar-refractivity contribution in [3.8, 4) is 0 Å². The van der Waals surface area contributed by atoms with Crippen LogP contribution in [-0.2, 0) is 11.3 Å². The SMILES string of the molecule is Cc1ccc(C(C)(C)C)cc1C(F)(F)CN. The first-order chi connectivity index (χ1) is 7.18. The molecule has 0 amide bonds. The van der Waals surface area contributed by atoms with Crippen LogP contribution in [0.4, 0.5) is 8.78 Å². The Hall–Kier alpha value is -0.960. The zero-order valence-corrected chi connectivity index (χ0v) is 10.3. The summed E-state index contributed by atoms with van der Waals surface area (Å²) in [6, 6.07) is 5.20. The fraction of sp³-hybridized carbons (Fsp3) is 0.538. The van der Waals surface area contributed by atoms with E-state index in [4.69, 9.17) is 5.73 Å². The number of rotatable bonds is 2. The molecule has 0 spiro atoms. The summed E-state index contributed by atoms with van der Waals surface area (Å²) in [4.78, 5) is 0. The quantitative estimate of drug-likeness (QED) is 0.823. The van der Waals surface area contributed by atoms with Crippen molar-refractivity contribution in [1.82, 2.24) is 0 Å². The van der Waals surface area contributed by atoms with Crippen LogP contribution in [0.3, 0.4) is 0 Å². The van der Waals surface area contributed by atoms with Crippen molar-refractivity contribution in [3.05, 3.63) is 34.9 Å². The normalized spacial score (nSPS) is 12.9. The average molecular weight is 227 g/mol. The molecule has 1 rings (SSSR count). The Balaban J connectivity index is 3.30. The Labute approximate surface area is 95.7 Å². The molecule has 0 radical (unpaired) electrons. The molecule has 0 aliphatic carbocycles.